The molecule has 14 nitrogen and oxygen atoms in total. The second-order valence-corrected chi connectivity index (χ2v) is 14.8. The highest BCUT2D eigenvalue weighted by Gasteiger charge is 2.38. The van der Waals surface area contributed by atoms with Crippen molar-refractivity contribution in [2.24, 2.45) is 5.41 Å². The van der Waals surface area contributed by atoms with Crippen molar-refractivity contribution >= 4 is 46.9 Å². The lowest BCUT2D eigenvalue weighted by Gasteiger charge is -2.34. The number of β-amino-alcohol motifs (C(OH)–C–C–N with tert-alkyl or cyclic N) is 1. The van der Waals surface area contributed by atoms with E-state index in [0.29, 0.717) is 91.4 Å². The van der Waals surface area contributed by atoms with E-state index >= 15 is 0 Å². The monoisotopic (exact) mass is 723 g/mol. The second kappa shape index (κ2) is 16.4. The van der Waals surface area contributed by atoms with Crippen molar-refractivity contribution in [3.8, 4) is 0 Å². The van der Waals surface area contributed by atoms with Gasteiger partial charge in [-0.25, -0.2) is 4.39 Å². The molecule has 282 valence electrons. The molecule has 0 radical (unpaired) electrons. The number of ether oxygens (including phenoxy) is 1. The van der Waals surface area contributed by atoms with Crippen LogP contribution in [0.5, 0.6) is 0 Å². The zero-order valence-corrected chi connectivity index (χ0v) is 30.6. The summed E-state index contributed by atoms with van der Waals surface area (Å²) >= 11 is 0. The predicted octanol–water partition coefficient (Wildman–Crippen LogP) is 1.67. The number of halogens is 1. The number of nitrogens with one attached hydrogen (secondary N) is 4. The van der Waals surface area contributed by atoms with Crippen LogP contribution in [0.3, 0.4) is 0 Å². The molecule has 0 bridgehead atoms. The number of anilines is 1. The lowest BCUT2D eigenvalue weighted by atomic mass is 9.85. The average molecular weight is 724 g/mol. The number of carbonyl (C=O) groups excluding carboxylic acids is 5. The molecule has 0 spiro atoms. The van der Waals surface area contributed by atoms with Crippen LogP contribution in [0.1, 0.15) is 66.5 Å². The summed E-state index contributed by atoms with van der Waals surface area (Å²) in [6.45, 7) is 12.8. The fourth-order valence-electron chi connectivity index (χ4n) is 6.82. The lowest BCUT2D eigenvalue weighted by molar-refractivity contribution is -0.143. The van der Waals surface area contributed by atoms with Gasteiger partial charge in [-0.15, -0.1) is 0 Å². The van der Waals surface area contributed by atoms with E-state index in [4.69, 9.17) is 4.74 Å². The fraction of sp³-hybridized carbons (Fsp3) is 0.541. The molecular weight excluding hydrogens is 673 g/mol. The van der Waals surface area contributed by atoms with Crippen LogP contribution in [-0.4, -0.2) is 132 Å². The number of nitrogens with zero attached hydrogens (tertiary/aromatic N) is 3. The van der Waals surface area contributed by atoms with Gasteiger partial charge in [-0.1, -0.05) is 20.8 Å². The molecule has 5 amide bonds. The minimum Gasteiger partial charge on any atom is -0.391 e. The van der Waals surface area contributed by atoms with Gasteiger partial charge in [0.25, 0.3) is 11.8 Å². The standard InChI is InChI=1S/C37H50FN7O7/c1-22-29(18-27-26-17-24(38)7-8-28(26)41-34(27)49)40-23(2)32(22)35(50)39-10-6-11-43-13-15-44(16-14-43)31(48)21-52-20-30(47)42-33(37(3,4)5)36(51)45-12-9-25(46)19-45/h7-8,17-18,25,33,40,46H,6,9-16,19-21H2,1-5H3,(H,39,50)(H,41,49)(H,42,47)/b27-18-/t25-,33-/m1/s1. The molecule has 3 aliphatic rings. The Morgan fingerprint density at radius 2 is 1.81 bits per heavy atom. The van der Waals surface area contributed by atoms with Gasteiger partial charge in [-0.2, -0.15) is 0 Å². The number of aliphatic hydroxyl groups is 1. The molecule has 5 rings (SSSR count). The van der Waals surface area contributed by atoms with Gasteiger partial charge in [0, 0.05) is 68.5 Å². The molecule has 2 aromatic rings. The Kier molecular flexibility index (Phi) is 12.2. The maximum absolute atomic E-state index is 13.9. The number of carbonyl (C=O) groups is 5. The van der Waals surface area contributed by atoms with Gasteiger partial charge in [0.15, 0.2) is 0 Å². The molecule has 1 aromatic heterocycles. The van der Waals surface area contributed by atoms with Crippen molar-refractivity contribution in [1.29, 1.82) is 0 Å². The summed E-state index contributed by atoms with van der Waals surface area (Å²) in [7, 11) is 0. The molecule has 2 atom stereocenters. The van der Waals surface area contributed by atoms with Gasteiger partial charge < -0.3 is 40.6 Å². The van der Waals surface area contributed by atoms with E-state index < -0.39 is 29.3 Å². The number of amides is 5. The molecule has 0 saturated carbocycles. The number of fused-ring (bicyclic) bond motifs is 1. The SMILES string of the molecule is Cc1[nH]c(/C=C2\C(=O)Nc3ccc(F)cc32)c(C)c1C(=O)NCCCN1CCN(C(=O)COCC(=O)N[C@H](C(=O)N2CC[C@@H](O)C2)C(C)(C)C)CC1. The summed E-state index contributed by atoms with van der Waals surface area (Å²) in [5.41, 5.74) is 3.23. The summed E-state index contributed by atoms with van der Waals surface area (Å²) in [4.78, 5) is 72.8. The van der Waals surface area contributed by atoms with Crippen LogP contribution in [0.4, 0.5) is 10.1 Å². The number of H-pyrrole nitrogens is 1. The highest BCUT2D eigenvalue weighted by molar-refractivity contribution is 6.35. The van der Waals surface area contributed by atoms with Gasteiger partial charge in [0.05, 0.1) is 17.2 Å². The summed E-state index contributed by atoms with van der Waals surface area (Å²) in [5, 5.41) is 18.3. The molecule has 2 fully saturated rings. The molecular formula is C37H50FN7O7. The first-order valence-corrected chi connectivity index (χ1v) is 17.8. The molecule has 0 unspecified atom stereocenters. The van der Waals surface area contributed by atoms with Crippen molar-refractivity contribution in [3.63, 3.8) is 0 Å². The number of rotatable bonds is 12. The normalized spacial score (nSPS) is 19.1. The van der Waals surface area contributed by atoms with Crippen LogP contribution >= 0.6 is 0 Å². The summed E-state index contributed by atoms with van der Waals surface area (Å²) < 4.78 is 19.3. The van der Waals surface area contributed by atoms with Crippen LogP contribution in [0, 0.1) is 25.1 Å². The third kappa shape index (κ3) is 9.24. The van der Waals surface area contributed by atoms with E-state index in [-0.39, 0.29) is 43.4 Å². The Labute approximate surface area is 303 Å². The molecule has 4 heterocycles. The Balaban J connectivity index is 1.00. The number of benzene rings is 1. The van der Waals surface area contributed by atoms with Crippen molar-refractivity contribution in [2.75, 3.05) is 70.9 Å². The molecule has 3 aliphatic heterocycles. The topological polar surface area (TPSA) is 176 Å². The zero-order valence-electron chi connectivity index (χ0n) is 30.6. The minimum absolute atomic E-state index is 0.216. The Morgan fingerprint density at radius 3 is 2.48 bits per heavy atom. The largest absolute Gasteiger partial charge is 0.391 e. The van der Waals surface area contributed by atoms with Gasteiger partial charge in [0.2, 0.25) is 17.7 Å². The van der Waals surface area contributed by atoms with Crippen molar-refractivity contribution < 1.29 is 38.2 Å². The number of hydrogen-bond donors (Lipinski definition) is 5. The number of aromatic nitrogens is 1. The highest BCUT2D eigenvalue weighted by Crippen LogP contribution is 2.34. The third-order valence-corrected chi connectivity index (χ3v) is 9.77. The third-order valence-electron chi connectivity index (χ3n) is 9.77. The Bertz CT molecular complexity index is 1720. The smallest absolute Gasteiger partial charge is 0.256 e. The van der Waals surface area contributed by atoms with Crippen molar-refractivity contribution in [2.45, 2.75) is 59.6 Å². The van der Waals surface area contributed by atoms with Gasteiger partial charge >= 0.3 is 0 Å². The predicted molar refractivity (Wildman–Crippen MR) is 193 cm³/mol. The van der Waals surface area contributed by atoms with E-state index in [0.717, 1.165) is 6.54 Å². The van der Waals surface area contributed by atoms with E-state index in [2.05, 4.69) is 25.8 Å². The zero-order chi connectivity index (χ0) is 37.7. The van der Waals surface area contributed by atoms with Crippen LogP contribution in [0.2, 0.25) is 0 Å². The van der Waals surface area contributed by atoms with Crippen LogP contribution in [0.15, 0.2) is 18.2 Å². The first-order chi connectivity index (χ1) is 24.6. The average Bonchev–Trinajstić information content (AvgIpc) is 3.75. The van der Waals surface area contributed by atoms with Crippen molar-refractivity contribution in [3.05, 3.63) is 52.1 Å². The molecule has 2 saturated heterocycles. The first-order valence-electron chi connectivity index (χ1n) is 17.8. The maximum atomic E-state index is 13.9. The molecule has 5 N–H and O–H groups in total. The minimum atomic E-state index is -0.788. The van der Waals surface area contributed by atoms with Gasteiger partial charge in [-0.05, 0) is 68.5 Å². The number of aliphatic hydroxyl groups excluding tert-OH is 1. The van der Waals surface area contributed by atoms with E-state index in [1.807, 2.05) is 20.8 Å². The highest BCUT2D eigenvalue weighted by atomic mass is 19.1. The second-order valence-electron chi connectivity index (χ2n) is 14.8. The van der Waals surface area contributed by atoms with E-state index in [9.17, 15) is 33.5 Å². The van der Waals surface area contributed by atoms with Gasteiger partial charge in [0.1, 0.15) is 25.1 Å². The fourth-order valence-corrected chi connectivity index (χ4v) is 6.82. The Hall–Kier alpha value is -4.60. The molecule has 52 heavy (non-hydrogen) atoms. The molecule has 1 aromatic carbocycles. The number of piperazine rings is 1. The number of hydrogen-bond acceptors (Lipinski definition) is 8. The van der Waals surface area contributed by atoms with E-state index in [1.165, 1.54) is 18.2 Å². The summed E-state index contributed by atoms with van der Waals surface area (Å²) in [6.07, 6.45) is 2.30. The first kappa shape index (κ1) is 38.6. The van der Waals surface area contributed by atoms with Crippen LogP contribution in [0.25, 0.3) is 11.6 Å². The Morgan fingerprint density at radius 1 is 1.08 bits per heavy atom. The quantitative estimate of drug-likeness (QED) is 0.162. The van der Waals surface area contributed by atoms with Crippen molar-refractivity contribution in [1.82, 2.24) is 30.3 Å². The number of aromatic amines is 1. The van der Waals surface area contributed by atoms with Gasteiger partial charge in [-0.3, -0.25) is 28.9 Å². The van der Waals surface area contributed by atoms with Crippen LogP contribution in [-0.2, 0) is 23.9 Å². The van der Waals surface area contributed by atoms with E-state index in [1.54, 1.807) is 29.7 Å². The molecule has 15 heteroatoms. The summed E-state index contributed by atoms with van der Waals surface area (Å²) in [5.74, 6) is -1.95. The number of aryl methyl sites for hydroxylation is 1. The van der Waals surface area contributed by atoms with Crippen LogP contribution < -0.4 is 16.0 Å². The molecule has 0 aliphatic carbocycles. The summed E-state index contributed by atoms with van der Waals surface area (Å²) in [6, 6.07) is 3.34. The lowest BCUT2D eigenvalue weighted by Crippen LogP contribution is -2.55. The maximum Gasteiger partial charge on any atom is 0.256 e. The number of likely N-dealkylation sites (tertiary alicyclic amines) is 1.